The molecule has 0 aromatic carbocycles. The molecule has 0 aromatic heterocycles. The quantitative estimate of drug-likeness (QED) is 0.0359. The van der Waals surface area contributed by atoms with Crippen LogP contribution in [0.5, 0.6) is 0 Å². The standard InChI is InChI=1S/C44H84O6/c1-5-8-10-12-13-20-24-28-32-36-43(46)49-39-41(38-48-42(45)35-31-26-11-9-6-2)50-44(47)37-33-29-25-22-19-17-15-14-16-18-21-23-27-30-34-40(4)7-3/h40-41H,5-39H2,1-4H3/t40?,41-/m1/s1. The molecular formula is C44H84O6. The molecule has 0 N–H and O–H groups in total. The van der Waals surface area contributed by atoms with E-state index in [1.807, 2.05) is 0 Å². The van der Waals surface area contributed by atoms with Gasteiger partial charge in [0.25, 0.3) is 0 Å². The minimum atomic E-state index is -0.756. The third-order valence-corrected chi connectivity index (χ3v) is 10.2. The first-order chi connectivity index (χ1) is 24.4. The first-order valence-electron chi connectivity index (χ1n) is 21.9. The Balaban J connectivity index is 4.14. The van der Waals surface area contributed by atoms with Crippen molar-refractivity contribution in [1.29, 1.82) is 0 Å². The lowest BCUT2D eigenvalue weighted by Crippen LogP contribution is -2.30. The second-order valence-corrected chi connectivity index (χ2v) is 15.2. The van der Waals surface area contributed by atoms with Crippen LogP contribution in [0.1, 0.15) is 240 Å². The van der Waals surface area contributed by atoms with Crippen molar-refractivity contribution in [2.45, 2.75) is 246 Å². The molecule has 0 radical (unpaired) electrons. The van der Waals surface area contributed by atoms with Crippen molar-refractivity contribution in [3.05, 3.63) is 0 Å². The molecule has 0 saturated heterocycles. The maximum absolute atomic E-state index is 12.6. The molecule has 0 spiro atoms. The predicted octanol–water partition coefficient (Wildman–Crippen LogP) is 13.6. The van der Waals surface area contributed by atoms with E-state index in [9.17, 15) is 14.4 Å². The van der Waals surface area contributed by atoms with Gasteiger partial charge in [-0.1, -0.05) is 201 Å². The van der Waals surface area contributed by atoms with Gasteiger partial charge in [-0.05, 0) is 25.2 Å². The summed E-state index contributed by atoms with van der Waals surface area (Å²) < 4.78 is 16.6. The summed E-state index contributed by atoms with van der Waals surface area (Å²) in [6.07, 6.45) is 36.8. The van der Waals surface area contributed by atoms with E-state index in [0.29, 0.717) is 19.3 Å². The first-order valence-corrected chi connectivity index (χ1v) is 21.9. The topological polar surface area (TPSA) is 78.9 Å². The number of esters is 3. The summed E-state index contributed by atoms with van der Waals surface area (Å²) in [5.41, 5.74) is 0. The van der Waals surface area contributed by atoms with Crippen LogP contribution in [-0.4, -0.2) is 37.2 Å². The van der Waals surface area contributed by atoms with Crippen LogP contribution >= 0.6 is 0 Å². The van der Waals surface area contributed by atoms with Crippen molar-refractivity contribution in [3.8, 4) is 0 Å². The lowest BCUT2D eigenvalue weighted by Gasteiger charge is -2.18. The summed E-state index contributed by atoms with van der Waals surface area (Å²) in [6, 6.07) is 0. The van der Waals surface area contributed by atoms with Crippen LogP contribution in [0, 0.1) is 5.92 Å². The van der Waals surface area contributed by atoms with E-state index in [2.05, 4.69) is 27.7 Å². The fourth-order valence-electron chi connectivity index (χ4n) is 6.42. The zero-order valence-corrected chi connectivity index (χ0v) is 33.9. The van der Waals surface area contributed by atoms with Crippen molar-refractivity contribution < 1.29 is 28.6 Å². The molecule has 6 nitrogen and oxygen atoms in total. The number of unbranched alkanes of at least 4 members (excludes halogenated alkanes) is 25. The van der Waals surface area contributed by atoms with Gasteiger partial charge < -0.3 is 14.2 Å². The molecule has 0 fully saturated rings. The van der Waals surface area contributed by atoms with Crippen LogP contribution in [0.15, 0.2) is 0 Å². The highest BCUT2D eigenvalue weighted by molar-refractivity contribution is 5.71. The summed E-state index contributed by atoms with van der Waals surface area (Å²) >= 11 is 0. The van der Waals surface area contributed by atoms with Crippen molar-refractivity contribution in [2.24, 2.45) is 5.92 Å². The molecule has 1 unspecified atom stereocenters. The van der Waals surface area contributed by atoms with Crippen molar-refractivity contribution in [2.75, 3.05) is 13.2 Å². The number of hydrogen-bond donors (Lipinski definition) is 0. The van der Waals surface area contributed by atoms with E-state index in [4.69, 9.17) is 14.2 Å². The predicted molar refractivity (Wildman–Crippen MR) is 210 cm³/mol. The Morgan fingerprint density at radius 2 is 0.700 bits per heavy atom. The van der Waals surface area contributed by atoms with Crippen LogP contribution in [0.4, 0.5) is 0 Å². The van der Waals surface area contributed by atoms with E-state index < -0.39 is 6.10 Å². The molecule has 0 saturated carbocycles. The number of carbonyl (C=O) groups is 3. The number of rotatable bonds is 39. The zero-order valence-electron chi connectivity index (χ0n) is 33.9. The molecule has 296 valence electrons. The molecule has 2 atom stereocenters. The molecule has 6 heteroatoms. The monoisotopic (exact) mass is 709 g/mol. The van der Waals surface area contributed by atoms with E-state index in [-0.39, 0.29) is 31.1 Å². The van der Waals surface area contributed by atoms with E-state index in [1.165, 1.54) is 128 Å². The van der Waals surface area contributed by atoms with Crippen LogP contribution in [0.3, 0.4) is 0 Å². The molecule has 0 aliphatic heterocycles. The highest BCUT2D eigenvalue weighted by Gasteiger charge is 2.19. The van der Waals surface area contributed by atoms with Gasteiger partial charge in [-0.3, -0.25) is 14.4 Å². The average Bonchev–Trinajstić information content (AvgIpc) is 3.11. The van der Waals surface area contributed by atoms with E-state index in [1.54, 1.807) is 0 Å². The van der Waals surface area contributed by atoms with Crippen LogP contribution in [0.25, 0.3) is 0 Å². The molecule has 0 aliphatic rings. The van der Waals surface area contributed by atoms with Crippen molar-refractivity contribution in [3.63, 3.8) is 0 Å². The fraction of sp³-hybridized carbons (Fsp3) is 0.932. The van der Waals surface area contributed by atoms with Crippen LogP contribution < -0.4 is 0 Å². The smallest absolute Gasteiger partial charge is 0.306 e. The Morgan fingerprint density at radius 1 is 0.400 bits per heavy atom. The highest BCUT2D eigenvalue weighted by Crippen LogP contribution is 2.17. The zero-order chi connectivity index (χ0) is 36.8. The molecular weight excluding hydrogens is 624 g/mol. The lowest BCUT2D eigenvalue weighted by atomic mass is 9.99. The maximum Gasteiger partial charge on any atom is 0.306 e. The number of ether oxygens (including phenoxy) is 3. The maximum atomic E-state index is 12.6. The Kier molecular flexibility index (Phi) is 37.4. The third kappa shape index (κ3) is 36.2. The molecule has 0 aliphatic carbocycles. The average molecular weight is 709 g/mol. The van der Waals surface area contributed by atoms with Crippen LogP contribution in [-0.2, 0) is 28.6 Å². The summed E-state index contributed by atoms with van der Waals surface area (Å²) in [6.45, 7) is 8.93. The number of hydrogen-bond acceptors (Lipinski definition) is 6. The Bertz CT molecular complexity index is 753. The van der Waals surface area contributed by atoms with Gasteiger partial charge in [0.15, 0.2) is 6.10 Å². The molecule has 0 heterocycles. The second kappa shape index (κ2) is 38.6. The number of carbonyl (C=O) groups excluding carboxylic acids is 3. The minimum absolute atomic E-state index is 0.0653. The molecule has 50 heavy (non-hydrogen) atoms. The van der Waals surface area contributed by atoms with Gasteiger partial charge in [0.1, 0.15) is 13.2 Å². The van der Waals surface area contributed by atoms with Gasteiger partial charge >= 0.3 is 17.9 Å². The van der Waals surface area contributed by atoms with Gasteiger partial charge in [-0.15, -0.1) is 0 Å². The largest absolute Gasteiger partial charge is 0.462 e. The van der Waals surface area contributed by atoms with Crippen molar-refractivity contribution in [1.82, 2.24) is 0 Å². The SMILES string of the molecule is CCCCCCCCCCCC(=O)OC[C@@H](COC(=O)CCCCCCC)OC(=O)CCCCCCCCCCCCCCCCC(C)CC. The molecule has 0 aromatic rings. The fourth-order valence-corrected chi connectivity index (χ4v) is 6.42. The minimum Gasteiger partial charge on any atom is -0.462 e. The summed E-state index contributed by atoms with van der Waals surface area (Å²) in [5, 5.41) is 0. The molecule has 0 rings (SSSR count). The summed E-state index contributed by atoms with van der Waals surface area (Å²) in [5.74, 6) is 0.0213. The summed E-state index contributed by atoms with van der Waals surface area (Å²) in [7, 11) is 0. The normalized spacial score (nSPS) is 12.5. The Labute approximate surface area is 310 Å². The van der Waals surface area contributed by atoms with Gasteiger partial charge in [0, 0.05) is 19.3 Å². The van der Waals surface area contributed by atoms with E-state index >= 15 is 0 Å². The van der Waals surface area contributed by atoms with Gasteiger partial charge in [-0.25, -0.2) is 0 Å². The van der Waals surface area contributed by atoms with Gasteiger partial charge in [0.2, 0.25) is 0 Å². The van der Waals surface area contributed by atoms with Gasteiger partial charge in [0.05, 0.1) is 0 Å². The van der Waals surface area contributed by atoms with Gasteiger partial charge in [-0.2, -0.15) is 0 Å². The molecule has 0 amide bonds. The second-order valence-electron chi connectivity index (χ2n) is 15.2. The highest BCUT2D eigenvalue weighted by atomic mass is 16.6. The third-order valence-electron chi connectivity index (χ3n) is 10.2. The Hall–Kier alpha value is -1.59. The summed E-state index contributed by atoms with van der Waals surface area (Å²) in [4.78, 5) is 37.3. The first kappa shape index (κ1) is 48.4. The van der Waals surface area contributed by atoms with Crippen LogP contribution in [0.2, 0.25) is 0 Å². The van der Waals surface area contributed by atoms with Crippen molar-refractivity contribution >= 4 is 17.9 Å². The Morgan fingerprint density at radius 3 is 1.04 bits per heavy atom. The lowest BCUT2D eigenvalue weighted by molar-refractivity contribution is -0.167. The van der Waals surface area contributed by atoms with E-state index in [0.717, 1.165) is 70.1 Å². The molecule has 0 bridgehead atoms.